The normalized spacial score (nSPS) is 14.1. The monoisotopic (exact) mass is 256 g/mol. The third-order valence-electron chi connectivity index (χ3n) is 2.94. The summed E-state index contributed by atoms with van der Waals surface area (Å²) < 4.78 is 5.79. The fraction of sp³-hybridized carbons (Fsp3) is 0.214. The summed E-state index contributed by atoms with van der Waals surface area (Å²) in [5.41, 5.74) is 1.93. The predicted octanol–water partition coefficient (Wildman–Crippen LogP) is 2.38. The molecule has 1 fully saturated rings. The second kappa shape index (κ2) is 4.68. The first-order chi connectivity index (χ1) is 9.24. The van der Waals surface area contributed by atoms with E-state index in [1.807, 2.05) is 6.07 Å². The molecule has 1 heterocycles. The number of aromatic nitrogens is 2. The minimum absolute atomic E-state index is 0.206. The SMILES string of the molecule is O=C(O)c1ccc(-c2ccnnc2)c(OC2CC2)c1. The molecule has 0 saturated heterocycles. The van der Waals surface area contributed by atoms with Crippen LogP contribution in [0.2, 0.25) is 0 Å². The highest BCUT2D eigenvalue weighted by Crippen LogP contribution is 2.35. The maximum Gasteiger partial charge on any atom is 0.335 e. The van der Waals surface area contributed by atoms with Gasteiger partial charge in [-0.1, -0.05) is 0 Å². The molecule has 96 valence electrons. The molecule has 1 aliphatic carbocycles. The summed E-state index contributed by atoms with van der Waals surface area (Å²) in [6.45, 7) is 0. The van der Waals surface area contributed by atoms with Crippen LogP contribution in [0, 0.1) is 0 Å². The van der Waals surface area contributed by atoms with Gasteiger partial charge in [-0.2, -0.15) is 10.2 Å². The van der Waals surface area contributed by atoms with Gasteiger partial charge in [0.1, 0.15) is 5.75 Å². The van der Waals surface area contributed by atoms with Crippen molar-refractivity contribution in [2.45, 2.75) is 18.9 Å². The molecule has 19 heavy (non-hydrogen) atoms. The number of carboxylic acid groups (broad SMARTS) is 1. The van der Waals surface area contributed by atoms with Crippen LogP contribution in [0.4, 0.5) is 0 Å². The molecule has 1 aromatic carbocycles. The van der Waals surface area contributed by atoms with Crippen molar-refractivity contribution in [1.82, 2.24) is 10.2 Å². The molecule has 0 spiro atoms. The summed E-state index contributed by atoms with van der Waals surface area (Å²) in [6, 6.07) is 6.70. The van der Waals surface area contributed by atoms with Crippen molar-refractivity contribution >= 4 is 5.97 Å². The Hall–Kier alpha value is -2.43. The zero-order valence-electron chi connectivity index (χ0n) is 10.1. The molecule has 1 N–H and O–H groups in total. The maximum atomic E-state index is 11.0. The highest BCUT2D eigenvalue weighted by Gasteiger charge is 2.25. The molecule has 5 heteroatoms. The molecule has 0 radical (unpaired) electrons. The molecule has 1 aliphatic rings. The Morgan fingerprint density at radius 2 is 2.11 bits per heavy atom. The fourth-order valence-corrected chi connectivity index (χ4v) is 1.81. The molecule has 0 unspecified atom stereocenters. The number of carboxylic acids is 1. The van der Waals surface area contributed by atoms with Crippen LogP contribution in [0.25, 0.3) is 11.1 Å². The summed E-state index contributed by atoms with van der Waals surface area (Å²) in [5, 5.41) is 16.6. The van der Waals surface area contributed by atoms with Gasteiger partial charge in [0.15, 0.2) is 0 Å². The Kier molecular flexibility index (Phi) is 2.87. The van der Waals surface area contributed by atoms with Crippen LogP contribution in [0.15, 0.2) is 36.7 Å². The van der Waals surface area contributed by atoms with Gasteiger partial charge in [0.05, 0.1) is 24.1 Å². The van der Waals surface area contributed by atoms with E-state index in [-0.39, 0.29) is 11.7 Å². The summed E-state index contributed by atoms with van der Waals surface area (Å²) in [7, 11) is 0. The van der Waals surface area contributed by atoms with Gasteiger partial charge >= 0.3 is 5.97 Å². The van der Waals surface area contributed by atoms with Gasteiger partial charge < -0.3 is 9.84 Å². The Bertz CT molecular complexity index is 609. The largest absolute Gasteiger partial charge is 0.490 e. The van der Waals surface area contributed by atoms with E-state index < -0.39 is 5.97 Å². The smallest absolute Gasteiger partial charge is 0.335 e. The van der Waals surface area contributed by atoms with Crippen molar-refractivity contribution in [2.75, 3.05) is 0 Å². The third-order valence-corrected chi connectivity index (χ3v) is 2.94. The quantitative estimate of drug-likeness (QED) is 0.909. The third kappa shape index (κ3) is 2.54. The maximum absolute atomic E-state index is 11.0. The Labute approximate surface area is 109 Å². The zero-order valence-corrected chi connectivity index (χ0v) is 10.1. The van der Waals surface area contributed by atoms with E-state index in [1.54, 1.807) is 30.6 Å². The molecule has 5 nitrogen and oxygen atoms in total. The Morgan fingerprint density at radius 1 is 1.26 bits per heavy atom. The van der Waals surface area contributed by atoms with E-state index in [0.29, 0.717) is 5.75 Å². The van der Waals surface area contributed by atoms with Crippen molar-refractivity contribution in [1.29, 1.82) is 0 Å². The lowest BCUT2D eigenvalue weighted by Crippen LogP contribution is -2.02. The Balaban J connectivity index is 2.04. The minimum Gasteiger partial charge on any atom is -0.490 e. The number of nitrogens with zero attached hydrogens (tertiary/aromatic N) is 2. The van der Waals surface area contributed by atoms with Crippen LogP contribution in [0.5, 0.6) is 5.75 Å². The molecule has 0 amide bonds. The molecule has 0 bridgehead atoms. The van der Waals surface area contributed by atoms with Gasteiger partial charge in [-0.25, -0.2) is 4.79 Å². The first-order valence-corrected chi connectivity index (χ1v) is 6.05. The van der Waals surface area contributed by atoms with E-state index in [1.165, 1.54) is 0 Å². The van der Waals surface area contributed by atoms with Crippen LogP contribution in [-0.4, -0.2) is 27.4 Å². The second-order valence-electron chi connectivity index (χ2n) is 4.46. The highest BCUT2D eigenvalue weighted by molar-refractivity contribution is 5.89. The second-order valence-corrected chi connectivity index (χ2v) is 4.46. The first kappa shape index (κ1) is 11.6. The van der Waals surface area contributed by atoms with E-state index in [9.17, 15) is 4.79 Å². The van der Waals surface area contributed by atoms with Gasteiger partial charge in [-0.15, -0.1) is 0 Å². The summed E-state index contributed by atoms with van der Waals surface area (Å²) in [5.74, 6) is -0.365. The molecular weight excluding hydrogens is 244 g/mol. The van der Waals surface area contributed by atoms with Gasteiger partial charge in [0.25, 0.3) is 0 Å². The predicted molar refractivity (Wildman–Crippen MR) is 68.1 cm³/mol. The number of rotatable bonds is 4. The summed E-state index contributed by atoms with van der Waals surface area (Å²) in [6.07, 6.45) is 5.48. The molecule has 1 saturated carbocycles. The van der Waals surface area contributed by atoms with Crippen LogP contribution < -0.4 is 4.74 Å². The summed E-state index contributed by atoms with van der Waals surface area (Å²) in [4.78, 5) is 11.0. The average molecular weight is 256 g/mol. The number of carbonyl (C=O) groups is 1. The lowest BCUT2D eigenvalue weighted by Gasteiger charge is -2.11. The number of ether oxygens (including phenoxy) is 1. The van der Waals surface area contributed by atoms with Crippen molar-refractivity contribution in [3.05, 3.63) is 42.2 Å². The van der Waals surface area contributed by atoms with Gasteiger partial charge in [0.2, 0.25) is 0 Å². The van der Waals surface area contributed by atoms with Gasteiger partial charge in [-0.3, -0.25) is 0 Å². The standard InChI is InChI=1S/C14H12N2O3/c17-14(18)9-1-4-12(10-5-6-15-16-8-10)13(7-9)19-11-2-3-11/h1,4-8,11H,2-3H2,(H,17,18). The molecule has 3 rings (SSSR count). The van der Waals surface area contributed by atoms with E-state index in [2.05, 4.69) is 10.2 Å². The number of hydrogen-bond acceptors (Lipinski definition) is 4. The van der Waals surface area contributed by atoms with Crippen LogP contribution in [-0.2, 0) is 0 Å². The van der Waals surface area contributed by atoms with Crippen molar-refractivity contribution in [2.24, 2.45) is 0 Å². The van der Waals surface area contributed by atoms with Gasteiger partial charge in [0, 0.05) is 11.1 Å². The zero-order chi connectivity index (χ0) is 13.2. The lowest BCUT2D eigenvalue weighted by atomic mass is 10.0. The van der Waals surface area contributed by atoms with Crippen molar-refractivity contribution in [3.8, 4) is 16.9 Å². The topological polar surface area (TPSA) is 72.3 Å². The first-order valence-electron chi connectivity index (χ1n) is 6.05. The minimum atomic E-state index is -0.958. The van der Waals surface area contributed by atoms with E-state index in [4.69, 9.17) is 9.84 Å². The Morgan fingerprint density at radius 3 is 2.74 bits per heavy atom. The number of aromatic carboxylic acids is 1. The number of benzene rings is 1. The van der Waals surface area contributed by atoms with Gasteiger partial charge in [-0.05, 0) is 37.1 Å². The molecule has 0 atom stereocenters. The number of hydrogen-bond donors (Lipinski definition) is 1. The van der Waals surface area contributed by atoms with E-state index in [0.717, 1.165) is 24.0 Å². The summed E-state index contributed by atoms with van der Waals surface area (Å²) >= 11 is 0. The average Bonchev–Trinajstić information content (AvgIpc) is 3.23. The molecule has 1 aromatic heterocycles. The fourth-order valence-electron chi connectivity index (χ4n) is 1.81. The molecular formula is C14H12N2O3. The van der Waals surface area contributed by atoms with Crippen molar-refractivity contribution in [3.63, 3.8) is 0 Å². The van der Waals surface area contributed by atoms with Crippen LogP contribution >= 0.6 is 0 Å². The molecule has 2 aromatic rings. The van der Waals surface area contributed by atoms with Crippen LogP contribution in [0.1, 0.15) is 23.2 Å². The van der Waals surface area contributed by atoms with E-state index >= 15 is 0 Å². The van der Waals surface area contributed by atoms with Crippen molar-refractivity contribution < 1.29 is 14.6 Å². The lowest BCUT2D eigenvalue weighted by molar-refractivity contribution is 0.0696. The highest BCUT2D eigenvalue weighted by atomic mass is 16.5. The van der Waals surface area contributed by atoms with Crippen LogP contribution in [0.3, 0.4) is 0 Å². The molecule has 0 aliphatic heterocycles.